The first-order valence-corrected chi connectivity index (χ1v) is 7.09. The summed E-state index contributed by atoms with van der Waals surface area (Å²) >= 11 is 6.23. The van der Waals surface area contributed by atoms with Crippen molar-refractivity contribution in [2.24, 2.45) is 0 Å². The van der Waals surface area contributed by atoms with E-state index < -0.39 is 23.2 Å². The van der Waals surface area contributed by atoms with Crippen LogP contribution < -0.4 is 4.74 Å². The molecule has 0 amide bonds. The molecule has 0 aromatic heterocycles. The van der Waals surface area contributed by atoms with E-state index in [1.165, 1.54) is 12.1 Å². The van der Waals surface area contributed by atoms with Crippen molar-refractivity contribution in [3.63, 3.8) is 0 Å². The van der Waals surface area contributed by atoms with E-state index in [1.54, 1.807) is 0 Å². The van der Waals surface area contributed by atoms with Crippen LogP contribution in [0.1, 0.15) is 5.56 Å². The van der Waals surface area contributed by atoms with Crippen molar-refractivity contribution >= 4 is 31.9 Å². The lowest BCUT2D eigenvalue weighted by molar-refractivity contribution is 0.386. The molecule has 2 rings (SSSR count). The fourth-order valence-electron chi connectivity index (χ4n) is 1.45. The summed E-state index contributed by atoms with van der Waals surface area (Å²) < 4.78 is 46.4. The molecule has 0 N–H and O–H groups in total. The van der Waals surface area contributed by atoms with Crippen LogP contribution in [-0.4, -0.2) is 0 Å². The van der Waals surface area contributed by atoms with E-state index in [1.807, 2.05) is 0 Å². The monoisotopic (exact) mass is 394 g/mol. The number of hydrogen-bond donors (Lipinski definition) is 0. The van der Waals surface area contributed by atoms with Crippen molar-refractivity contribution in [3.05, 3.63) is 57.8 Å². The normalized spacial score (nSPS) is 10.6. The van der Waals surface area contributed by atoms with Crippen LogP contribution in [0.4, 0.5) is 13.2 Å². The Morgan fingerprint density at radius 1 is 0.947 bits per heavy atom. The van der Waals surface area contributed by atoms with Gasteiger partial charge in [0.15, 0.2) is 29.0 Å². The van der Waals surface area contributed by atoms with Gasteiger partial charge in [-0.2, -0.15) is 0 Å². The molecule has 0 saturated carbocycles. The van der Waals surface area contributed by atoms with Crippen LogP contribution in [0.5, 0.6) is 11.5 Å². The third-order valence-corrected chi connectivity index (χ3v) is 3.46. The fraction of sp³-hybridized carbons (Fsp3) is 0.0769. The summed E-state index contributed by atoms with van der Waals surface area (Å²) in [6, 6.07) is 6.16. The molecule has 19 heavy (non-hydrogen) atoms. The Balaban J connectivity index is 2.41. The first-order valence-electron chi connectivity index (χ1n) is 5.18. The number of halogens is 5. The molecule has 1 nitrogen and oxygen atoms in total. The summed E-state index contributed by atoms with van der Waals surface area (Å²) in [5.74, 6) is -3.34. The molecule has 2 aromatic rings. The average molecular weight is 396 g/mol. The predicted molar refractivity (Wildman–Crippen MR) is 73.2 cm³/mol. The molecule has 0 spiro atoms. The van der Waals surface area contributed by atoms with Crippen molar-refractivity contribution in [3.8, 4) is 11.5 Å². The highest BCUT2D eigenvalue weighted by molar-refractivity contribution is 9.10. The summed E-state index contributed by atoms with van der Waals surface area (Å²) in [5, 5.41) is 0.312. The summed E-state index contributed by atoms with van der Waals surface area (Å²) in [4.78, 5) is 0. The SMILES string of the molecule is Fc1ccc(Br)cc1Oc1c(F)cc(CBr)cc1F. The second kappa shape index (κ2) is 5.96. The van der Waals surface area contributed by atoms with Gasteiger partial charge >= 0.3 is 0 Å². The Morgan fingerprint density at radius 3 is 2.16 bits per heavy atom. The maximum Gasteiger partial charge on any atom is 0.198 e. The number of benzene rings is 2. The molecule has 6 heteroatoms. The van der Waals surface area contributed by atoms with Gasteiger partial charge in [0.2, 0.25) is 0 Å². The minimum Gasteiger partial charge on any atom is -0.448 e. The van der Waals surface area contributed by atoms with Gasteiger partial charge in [0.1, 0.15) is 0 Å². The zero-order chi connectivity index (χ0) is 14.0. The maximum atomic E-state index is 13.7. The topological polar surface area (TPSA) is 9.23 Å². The Labute approximate surface area is 124 Å². The quantitative estimate of drug-likeness (QED) is 0.618. The zero-order valence-electron chi connectivity index (χ0n) is 9.39. The third kappa shape index (κ3) is 3.30. The first kappa shape index (κ1) is 14.4. The van der Waals surface area contributed by atoms with Crippen LogP contribution in [0.15, 0.2) is 34.8 Å². The third-order valence-electron chi connectivity index (χ3n) is 2.32. The van der Waals surface area contributed by atoms with Gasteiger partial charge < -0.3 is 4.74 Å². The highest BCUT2D eigenvalue weighted by atomic mass is 79.9. The molecule has 0 aliphatic heterocycles. The molecular formula is C13H7Br2F3O. The first-order chi connectivity index (χ1) is 9.01. The van der Waals surface area contributed by atoms with Gasteiger partial charge in [-0.1, -0.05) is 31.9 Å². The molecule has 0 unspecified atom stereocenters. The highest BCUT2D eigenvalue weighted by Crippen LogP contribution is 2.32. The van der Waals surface area contributed by atoms with Crippen molar-refractivity contribution in [2.75, 3.05) is 0 Å². The number of alkyl halides is 1. The number of ether oxygens (including phenoxy) is 1. The van der Waals surface area contributed by atoms with E-state index in [9.17, 15) is 13.2 Å². The summed E-state index contributed by atoms with van der Waals surface area (Å²) in [7, 11) is 0. The van der Waals surface area contributed by atoms with Gasteiger partial charge in [0, 0.05) is 9.80 Å². The van der Waals surface area contributed by atoms with Crippen molar-refractivity contribution in [1.29, 1.82) is 0 Å². The molecule has 0 heterocycles. The Bertz CT molecular complexity index is 594. The second-order valence-corrected chi connectivity index (χ2v) is 5.18. The van der Waals surface area contributed by atoms with E-state index in [0.29, 0.717) is 15.4 Å². The number of hydrogen-bond acceptors (Lipinski definition) is 1. The predicted octanol–water partition coefficient (Wildman–Crippen LogP) is 5.55. The zero-order valence-corrected chi connectivity index (χ0v) is 12.6. The van der Waals surface area contributed by atoms with Crippen molar-refractivity contribution < 1.29 is 17.9 Å². The fourth-order valence-corrected chi connectivity index (χ4v) is 2.12. The van der Waals surface area contributed by atoms with E-state index in [2.05, 4.69) is 31.9 Å². The molecule has 2 aromatic carbocycles. The largest absolute Gasteiger partial charge is 0.448 e. The Morgan fingerprint density at radius 2 is 1.58 bits per heavy atom. The molecule has 0 bridgehead atoms. The van der Waals surface area contributed by atoms with E-state index in [4.69, 9.17) is 4.74 Å². The molecule has 0 saturated heterocycles. The second-order valence-electron chi connectivity index (χ2n) is 3.70. The Kier molecular flexibility index (Phi) is 4.52. The maximum absolute atomic E-state index is 13.7. The van der Waals surface area contributed by atoms with Crippen LogP contribution in [0, 0.1) is 17.5 Å². The van der Waals surface area contributed by atoms with Crippen LogP contribution in [0.2, 0.25) is 0 Å². The van der Waals surface area contributed by atoms with E-state index in [0.717, 1.165) is 18.2 Å². The van der Waals surface area contributed by atoms with Gasteiger partial charge in [-0.05, 0) is 35.9 Å². The highest BCUT2D eigenvalue weighted by Gasteiger charge is 2.15. The summed E-state index contributed by atoms with van der Waals surface area (Å²) in [6.45, 7) is 0. The van der Waals surface area contributed by atoms with Crippen molar-refractivity contribution in [1.82, 2.24) is 0 Å². The van der Waals surface area contributed by atoms with Gasteiger partial charge in [0.25, 0.3) is 0 Å². The standard InChI is InChI=1S/C13H7Br2F3O/c14-6-7-3-10(17)13(11(18)4-7)19-12-5-8(15)1-2-9(12)16/h1-5H,6H2. The van der Waals surface area contributed by atoms with E-state index >= 15 is 0 Å². The number of rotatable bonds is 3. The summed E-state index contributed by atoms with van der Waals surface area (Å²) in [5.41, 5.74) is 0.428. The van der Waals surface area contributed by atoms with Crippen LogP contribution >= 0.6 is 31.9 Å². The lowest BCUT2D eigenvalue weighted by atomic mass is 10.2. The van der Waals surface area contributed by atoms with Crippen LogP contribution in [-0.2, 0) is 5.33 Å². The minimum absolute atomic E-state index is 0.251. The molecule has 100 valence electrons. The molecule has 0 atom stereocenters. The van der Waals surface area contributed by atoms with Crippen molar-refractivity contribution in [2.45, 2.75) is 5.33 Å². The minimum atomic E-state index is -0.881. The molecule has 0 radical (unpaired) electrons. The Hall–Kier alpha value is -1.01. The lowest BCUT2D eigenvalue weighted by Crippen LogP contribution is -1.96. The smallest absolute Gasteiger partial charge is 0.198 e. The molecular weight excluding hydrogens is 389 g/mol. The molecule has 0 aliphatic rings. The van der Waals surface area contributed by atoms with Crippen LogP contribution in [0.3, 0.4) is 0 Å². The molecule has 0 fully saturated rings. The van der Waals surface area contributed by atoms with Gasteiger partial charge in [-0.3, -0.25) is 0 Å². The van der Waals surface area contributed by atoms with Crippen LogP contribution in [0.25, 0.3) is 0 Å². The average Bonchev–Trinajstić information content (AvgIpc) is 2.37. The van der Waals surface area contributed by atoms with Gasteiger partial charge in [-0.15, -0.1) is 0 Å². The summed E-state index contributed by atoms with van der Waals surface area (Å²) in [6.07, 6.45) is 0. The molecule has 0 aliphatic carbocycles. The van der Waals surface area contributed by atoms with E-state index in [-0.39, 0.29) is 5.75 Å². The van der Waals surface area contributed by atoms with Gasteiger partial charge in [0.05, 0.1) is 0 Å². The lowest BCUT2D eigenvalue weighted by Gasteiger charge is -2.10. The van der Waals surface area contributed by atoms with Gasteiger partial charge in [-0.25, -0.2) is 13.2 Å².